The Balaban J connectivity index is 2.31. The highest BCUT2D eigenvalue weighted by atomic mass is 79.9. The van der Waals surface area contributed by atoms with Gasteiger partial charge in [0.15, 0.2) is 0 Å². The fraction of sp³-hybridized carbons (Fsp3) is 0.500. The van der Waals surface area contributed by atoms with Crippen LogP contribution in [0.2, 0.25) is 5.02 Å². The van der Waals surface area contributed by atoms with E-state index in [9.17, 15) is 4.39 Å². The van der Waals surface area contributed by atoms with E-state index in [1.165, 1.54) is 0 Å². The van der Waals surface area contributed by atoms with Gasteiger partial charge in [0.2, 0.25) is 0 Å². The number of nitrogens with two attached hydrogens (primary N) is 1. The molecule has 17 heavy (non-hydrogen) atoms. The predicted octanol–water partition coefficient (Wildman–Crippen LogP) is 3.67. The van der Waals surface area contributed by atoms with Crippen molar-refractivity contribution in [1.82, 2.24) is 0 Å². The minimum Gasteiger partial charge on any atom is -0.376 e. The van der Waals surface area contributed by atoms with Gasteiger partial charge >= 0.3 is 0 Å². The van der Waals surface area contributed by atoms with E-state index in [4.69, 9.17) is 22.1 Å². The van der Waals surface area contributed by atoms with Crippen LogP contribution in [0.3, 0.4) is 0 Å². The quantitative estimate of drug-likeness (QED) is 0.843. The molecule has 2 N–H and O–H groups in total. The van der Waals surface area contributed by atoms with Crippen molar-refractivity contribution in [2.24, 2.45) is 11.7 Å². The second kappa shape index (κ2) is 5.22. The molecule has 5 heteroatoms. The zero-order chi connectivity index (χ0) is 12.6. The average molecular weight is 323 g/mol. The molecular formula is C12H14BrClFNO. The van der Waals surface area contributed by atoms with E-state index >= 15 is 0 Å². The van der Waals surface area contributed by atoms with Crippen LogP contribution in [-0.2, 0) is 4.74 Å². The monoisotopic (exact) mass is 321 g/mol. The van der Waals surface area contributed by atoms with Crippen LogP contribution >= 0.6 is 27.5 Å². The second-order valence-corrected chi connectivity index (χ2v) is 5.62. The average Bonchev–Trinajstić information content (AvgIpc) is 2.72. The molecule has 1 heterocycles. The molecule has 0 spiro atoms. The van der Waals surface area contributed by atoms with E-state index < -0.39 is 11.9 Å². The maximum absolute atomic E-state index is 14.0. The Labute approximate surface area is 113 Å². The maximum atomic E-state index is 14.0. The fourth-order valence-corrected chi connectivity index (χ4v) is 2.63. The molecule has 3 unspecified atom stereocenters. The molecule has 3 atom stereocenters. The number of rotatable bonds is 2. The molecule has 2 rings (SSSR count). The number of halogens is 3. The van der Waals surface area contributed by atoms with E-state index in [0.717, 1.165) is 6.42 Å². The summed E-state index contributed by atoms with van der Waals surface area (Å²) in [6.07, 6.45) is 0.825. The highest BCUT2D eigenvalue weighted by Gasteiger charge is 2.32. The van der Waals surface area contributed by atoms with Crippen molar-refractivity contribution >= 4 is 27.5 Å². The standard InChI is InChI=1S/C12H14BrClFNO/c1-6-4-5-17-12(6)11(16)7-2-3-8(13)9(14)10(7)15/h2-3,6,11-12H,4-5,16H2,1H3. The van der Waals surface area contributed by atoms with Crippen molar-refractivity contribution in [3.05, 3.63) is 33.0 Å². The first-order chi connectivity index (χ1) is 8.02. The van der Waals surface area contributed by atoms with Gasteiger partial charge in [-0.15, -0.1) is 0 Å². The number of benzene rings is 1. The Bertz CT molecular complexity index is 429. The van der Waals surface area contributed by atoms with E-state index in [0.29, 0.717) is 22.6 Å². The molecule has 1 saturated heterocycles. The fourth-order valence-electron chi connectivity index (χ4n) is 2.15. The normalized spacial score (nSPS) is 26.2. The van der Waals surface area contributed by atoms with Crippen molar-refractivity contribution in [3.63, 3.8) is 0 Å². The molecule has 0 radical (unpaired) electrons. The molecule has 1 aromatic rings. The van der Waals surface area contributed by atoms with Crippen LogP contribution in [0.1, 0.15) is 24.9 Å². The van der Waals surface area contributed by atoms with Crippen molar-refractivity contribution in [3.8, 4) is 0 Å². The van der Waals surface area contributed by atoms with E-state index in [2.05, 4.69) is 22.9 Å². The smallest absolute Gasteiger partial charge is 0.147 e. The molecule has 1 fully saturated rings. The third-order valence-corrected chi connectivity index (χ3v) is 4.48. The van der Waals surface area contributed by atoms with Crippen LogP contribution in [0.25, 0.3) is 0 Å². The molecule has 1 aromatic carbocycles. The largest absolute Gasteiger partial charge is 0.376 e. The summed E-state index contributed by atoms with van der Waals surface area (Å²) < 4.78 is 20.1. The number of hydrogen-bond acceptors (Lipinski definition) is 2. The second-order valence-electron chi connectivity index (χ2n) is 4.39. The van der Waals surface area contributed by atoms with Crippen LogP contribution in [0.5, 0.6) is 0 Å². The van der Waals surface area contributed by atoms with Gasteiger partial charge in [-0.05, 0) is 34.3 Å². The molecule has 1 aliphatic rings. The van der Waals surface area contributed by atoms with Gasteiger partial charge < -0.3 is 10.5 Å². The van der Waals surface area contributed by atoms with Crippen LogP contribution in [0, 0.1) is 11.7 Å². The predicted molar refractivity (Wildman–Crippen MR) is 69.6 cm³/mol. The third kappa shape index (κ3) is 2.50. The summed E-state index contributed by atoms with van der Waals surface area (Å²) in [6.45, 7) is 2.75. The van der Waals surface area contributed by atoms with Gasteiger partial charge in [0.1, 0.15) is 5.82 Å². The van der Waals surface area contributed by atoms with Crippen molar-refractivity contribution in [1.29, 1.82) is 0 Å². The first-order valence-electron chi connectivity index (χ1n) is 5.53. The van der Waals surface area contributed by atoms with Gasteiger partial charge in [-0.2, -0.15) is 0 Å². The highest BCUT2D eigenvalue weighted by molar-refractivity contribution is 9.10. The lowest BCUT2D eigenvalue weighted by Crippen LogP contribution is -2.30. The van der Waals surface area contributed by atoms with Gasteiger partial charge in [-0.3, -0.25) is 0 Å². The van der Waals surface area contributed by atoms with Crippen LogP contribution in [-0.4, -0.2) is 12.7 Å². The highest BCUT2D eigenvalue weighted by Crippen LogP contribution is 2.35. The van der Waals surface area contributed by atoms with Crippen LogP contribution in [0.15, 0.2) is 16.6 Å². The molecule has 94 valence electrons. The first-order valence-corrected chi connectivity index (χ1v) is 6.70. The lowest BCUT2D eigenvalue weighted by atomic mass is 9.93. The molecule has 0 amide bonds. The van der Waals surface area contributed by atoms with Gasteiger partial charge in [0.05, 0.1) is 17.2 Å². The van der Waals surface area contributed by atoms with Crippen LogP contribution in [0.4, 0.5) is 4.39 Å². The summed E-state index contributed by atoms with van der Waals surface area (Å²) in [6, 6.07) is 2.89. The molecular weight excluding hydrogens is 308 g/mol. The van der Waals surface area contributed by atoms with Gasteiger partial charge in [0.25, 0.3) is 0 Å². The first kappa shape index (κ1) is 13.3. The zero-order valence-corrected chi connectivity index (χ0v) is 11.8. The Hall–Kier alpha value is -0.160. The molecule has 0 bridgehead atoms. The lowest BCUT2D eigenvalue weighted by Gasteiger charge is -2.23. The van der Waals surface area contributed by atoms with Crippen molar-refractivity contribution < 1.29 is 9.13 Å². The topological polar surface area (TPSA) is 35.2 Å². The minimum atomic E-state index is -0.474. The summed E-state index contributed by atoms with van der Waals surface area (Å²) >= 11 is 9.03. The molecule has 1 aliphatic heterocycles. The lowest BCUT2D eigenvalue weighted by molar-refractivity contribution is 0.0715. The Morgan fingerprint density at radius 1 is 1.59 bits per heavy atom. The van der Waals surface area contributed by atoms with E-state index in [1.54, 1.807) is 12.1 Å². The van der Waals surface area contributed by atoms with E-state index in [1.807, 2.05) is 0 Å². The SMILES string of the molecule is CC1CCOC1C(N)c1ccc(Br)c(Cl)c1F. The van der Waals surface area contributed by atoms with Gasteiger partial charge in [-0.25, -0.2) is 4.39 Å². The maximum Gasteiger partial charge on any atom is 0.147 e. The number of ether oxygens (including phenoxy) is 1. The summed E-state index contributed by atoms with van der Waals surface area (Å²) in [5, 5.41) is 0.0728. The Morgan fingerprint density at radius 2 is 2.29 bits per heavy atom. The summed E-state index contributed by atoms with van der Waals surface area (Å²) in [4.78, 5) is 0. The van der Waals surface area contributed by atoms with Crippen LogP contribution < -0.4 is 5.73 Å². The third-order valence-electron chi connectivity index (χ3n) is 3.22. The number of hydrogen-bond donors (Lipinski definition) is 1. The van der Waals surface area contributed by atoms with Gasteiger partial charge in [-0.1, -0.05) is 24.6 Å². The zero-order valence-electron chi connectivity index (χ0n) is 9.42. The van der Waals surface area contributed by atoms with Crippen molar-refractivity contribution in [2.75, 3.05) is 6.61 Å². The molecule has 0 saturated carbocycles. The molecule has 2 nitrogen and oxygen atoms in total. The summed E-state index contributed by atoms with van der Waals surface area (Å²) in [7, 11) is 0. The molecule has 0 aliphatic carbocycles. The molecule has 0 aromatic heterocycles. The Kier molecular flexibility index (Phi) is 4.08. The van der Waals surface area contributed by atoms with Crippen molar-refractivity contribution in [2.45, 2.75) is 25.5 Å². The van der Waals surface area contributed by atoms with Gasteiger partial charge in [0, 0.05) is 16.6 Å². The summed E-state index contributed by atoms with van der Waals surface area (Å²) in [5.74, 6) is -0.122. The Morgan fingerprint density at radius 3 is 2.88 bits per heavy atom. The summed E-state index contributed by atoms with van der Waals surface area (Å²) in [5.41, 5.74) is 6.49. The minimum absolute atomic E-state index is 0.0728. The van der Waals surface area contributed by atoms with E-state index in [-0.39, 0.29) is 11.1 Å².